The Bertz CT molecular complexity index is 528. The van der Waals surface area contributed by atoms with E-state index in [0.29, 0.717) is 12.1 Å². The van der Waals surface area contributed by atoms with Crippen molar-refractivity contribution in [3.05, 3.63) is 35.4 Å². The molecule has 2 amide bonds. The number of nitrogens with one attached hydrogen (secondary N) is 2. The Hall–Kier alpha value is -2.37. The van der Waals surface area contributed by atoms with Crippen LogP contribution in [0.5, 0.6) is 0 Å². The van der Waals surface area contributed by atoms with Gasteiger partial charge in [0, 0.05) is 12.1 Å². The van der Waals surface area contributed by atoms with Crippen LogP contribution in [0.25, 0.3) is 0 Å². The predicted molar refractivity (Wildman–Crippen MR) is 77.7 cm³/mol. The molecule has 0 saturated carbocycles. The van der Waals surface area contributed by atoms with Crippen molar-refractivity contribution in [2.45, 2.75) is 26.9 Å². The summed E-state index contributed by atoms with van der Waals surface area (Å²) in [6.07, 6.45) is -0.881. The van der Waals surface area contributed by atoms with Crippen molar-refractivity contribution in [3.8, 4) is 0 Å². The number of ether oxygens (including phenoxy) is 1. The van der Waals surface area contributed by atoms with Gasteiger partial charge in [0.2, 0.25) is 0 Å². The van der Waals surface area contributed by atoms with Crippen molar-refractivity contribution >= 4 is 17.8 Å². The molecule has 0 heterocycles. The highest BCUT2D eigenvalue weighted by Crippen LogP contribution is 2.03. The summed E-state index contributed by atoms with van der Waals surface area (Å²) < 4.78 is 4.91. The molecule has 6 nitrogen and oxygen atoms in total. The molecule has 1 aromatic carbocycles. The zero-order chi connectivity index (χ0) is 15.8. The van der Waals surface area contributed by atoms with Gasteiger partial charge in [-0.25, -0.2) is 0 Å². The van der Waals surface area contributed by atoms with Crippen LogP contribution in [0.4, 0.5) is 0 Å². The van der Waals surface area contributed by atoms with E-state index in [1.165, 1.54) is 6.92 Å². The van der Waals surface area contributed by atoms with Gasteiger partial charge >= 0.3 is 5.97 Å². The summed E-state index contributed by atoms with van der Waals surface area (Å²) in [4.78, 5) is 34.8. The van der Waals surface area contributed by atoms with Gasteiger partial charge in [-0.3, -0.25) is 14.4 Å². The van der Waals surface area contributed by atoms with E-state index in [1.807, 2.05) is 13.0 Å². The molecule has 1 atom stereocenters. The fourth-order valence-corrected chi connectivity index (χ4v) is 1.65. The summed E-state index contributed by atoms with van der Waals surface area (Å²) in [5, 5.41) is 5.00. The van der Waals surface area contributed by atoms with Gasteiger partial charge in [0.15, 0.2) is 6.10 Å². The van der Waals surface area contributed by atoms with Gasteiger partial charge in [-0.05, 0) is 32.9 Å². The van der Waals surface area contributed by atoms with Crippen molar-refractivity contribution in [2.75, 3.05) is 13.1 Å². The first-order valence-corrected chi connectivity index (χ1v) is 6.76. The Balaban J connectivity index is 2.42. The highest BCUT2D eigenvalue weighted by Gasteiger charge is 2.17. The number of carbonyl (C=O) groups excluding carboxylic acids is 3. The van der Waals surface area contributed by atoms with Crippen LogP contribution in [0.2, 0.25) is 0 Å². The molecule has 114 valence electrons. The lowest BCUT2D eigenvalue weighted by molar-refractivity contribution is -0.153. The van der Waals surface area contributed by atoms with Crippen LogP contribution in [0.15, 0.2) is 24.3 Å². The molecule has 0 aliphatic carbocycles. The van der Waals surface area contributed by atoms with E-state index in [4.69, 9.17) is 4.74 Å². The monoisotopic (exact) mass is 292 g/mol. The molecule has 1 aromatic rings. The maximum absolute atomic E-state index is 11.8. The standard InChI is InChI=1S/C15H20N2O4/c1-4-16-14(19)11(3)21-13(18)9-17-15(20)12-7-5-6-10(2)8-12/h5-8,11H,4,9H2,1-3H3,(H,16,19)(H,17,20)/t11-/m0/s1. The van der Waals surface area contributed by atoms with Crippen LogP contribution in [-0.4, -0.2) is 37.0 Å². The molecule has 0 fully saturated rings. The van der Waals surface area contributed by atoms with Gasteiger partial charge in [-0.1, -0.05) is 17.7 Å². The van der Waals surface area contributed by atoms with Gasteiger partial charge in [0.25, 0.3) is 11.8 Å². The summed E-state index contributed by atoms with van der Waals surface area (Å²) in [5.41, 5.74) is 1.43. The Morgan fingerprint density at radius 3 is 2.57 bits per heavy atom. The molecule has 0 aliphatic heterocycles. The molecule has 0 unspecified atom stereocenters. The highest BCUT2D eigenvalue weighted by atomic mass is 16.5. The van der Waals surface area contributed by atoms with E-state index in [0.717, 1.165) is 5.56 Å². The molecular weight excluding hydrogens is 272 g/mol. The van der Waals surface area contributed by atoms with Crippen LogP contribution in [0.3, 0.4) is 0 Å². The van der Waals surface area contributed by atoms with E-state index >= 15 is 0 Å². The number of amides is 2. The number of esters is 1. The van der Waals surface area contributed by atoms with Gasteiger partial charge in [0.05, 0.1) is 0 Å². The molecule has 2 N–H and O–H groups in total. The van der Waals surface area contributed by atoms with E-state index in [9.17, 15) is 14.4 Å². The Morgan fingerprint density at radius 2 is 1.95 bits per heavy atom. The summed E-state index contributed by atoms with van der Waals surface area (Å²) in [7, 11) is 0. The second kappa shape index (κ2) is 8.04. The van der Waals surface area contributed by atoms with Gasteiger partial charge < -0.3 is 15.4 Å². The maximum Gasteiger partial charge on any atom is 0.326 e. The van der Waals surface area contributed by atoms with Crippen molar-refractivity contribution in [1.29, 1.82) is 0 Å². The average Bonchev–Trinajstić information content (AvgIpc) is 2.45. The lowest BCUT2D eigenvalue weighted by atomic mass is 10.1. The highest BCUT2D eigenvalue weighted by molar-refractivity contribution is 5.96. The lowest BCUT2D eigenvalue weighted by Gasteiger charge is -2.13. The van der Waals surface area contributed by atoms with Crippen LogP contribution >= 0.6 is 0 Å². The third-order valence-electron chi connectivity index (χ3n) is 2.70. The summed E-state index contributed by atoms with van der Waals surface area (Å²) >= 11 is 0. The first-order chi connectivity index (χ1) is 9.93. The molecule has 6 heteroatoms. The van der Waals surface area contributed by atoms with E-state index in [-0.39, 0.29) is 18.4 Å². The minimum atomic E-state index is -0.881. The van der Waals surface area contributed by atoms with Crippen LogP contribution in [0, 0.1) is 6.92 Å². The summed E-state index contributed by atoms with van der Waals surface area (Å²) in [5.74, 6) is -1.38. The Labute approximate surface area is 123 Å². The Kier molecular flexibility index (Phi) is 6.39. The molecule has 0 aliphatic rings. The van der Waals surface area contributed by atoms with E-state index in [2.05, 4.69) is 10.6 Å². The fourth-order valence-electron chi connectivity index (χ4n) is 1.65. The van der Waals surface area contributed by atoms with Crippen molar-refractivity contribution in [2.24, 2.45) is 0 Å². The zero-order valence-electron chi connectivity index (χ0n) is 12.4. The topological polar surface area (TPSA) is 84.5 Å². The maximum atomic E-state index is 11.8. The van der Waals surface area contributed by atoms with Gasteiger partial charge in [0.1, 0.15) is 6.54 Å². The second-order valence-corrected chi connectivity index (χ2v) is 4.58. The van der Waals surface area contributed by atoms with E-state index < -0.39 is 12.1 Å². The van der Waals surface area contributed by atoms with Crippen LogP contribution in [-0.2, 0) is 14.3 Å². The van der Waals surface area contributed by atoms with Crippen LogP contribution in [0.1, 0.15) is 29.8 Å². The van der Waals surface area contributed by atoms with Gasteiger partial charge in [-0.2, -0.15) is 0 Å². The summed E-state index contributed by atoms with van der Waals surface area (Å²) in [6, 6.07) is 7.02. The normalized spacial score (nSPS) is 11.4. The first kappa shape index (κ1) is 16.7. The average molecular weight is 292 g/mol. The number of hydrogen-bond acceptors (Lipinski definition) is 4. The van der Waals surface area contributed by atoms with Crippen molar-refractivity contribution in [3.63, 3.8) is 0 Å². The zero-order valence-corrected chi connectivity index (χ0v) is 12.4. The second-order valence-electron chi connectivity index (χ2n) is 4.58. The number of aryl methyl sites for hydroxylation is 1. The molecule has 0 bridgehead atoms. The lowest BCUT2D eigenvalue weighted by Crippen LogP contribution is -2.38. The van der Waals surface area contributed by atoms with Crippen LogP contribution < -0.4 is 10.6 Å². The number of carbonyl (C=O) groups is 3. The van der Waals surface area contributed by atoms with E-state index in [1.54, 1.807) is 25.1 Å². The predicted octanol–water partition coefficient (Wildman–Crippen LogP) is 0.793. The number of likely N-dealkylation sites (N-methyl/N-ethyl adjacent to an activating group) is 1. The number of benzene rings is 1. The Morgan fingerprint density at radius 1 is 1.24 bits per heavy atom. The first-order valence-electron chi connectivity index (χ1n) is 6.76. The third-order valence-corrected chi connectivity index (χ3v) is 2.70. The minimum Gasteiger partial charge on any atom is -0.451 e. The molecule has 1 rings (SSSR count). The van der Waals surface area contributed by atoms with Gasteiger partial charge in [-0.15, -0.1) is 0 Å². The van der Waals surface area contributed by atoms with Crippen molar-refractivity contribution in [1.82, 2.24) is 10.6 Å². The SMILES string of the molecule is CCNC(=O)[C@H](C)OC(=O)CNC(=O)c1cccc(C)c1. The molecule has 0 aromatic heterocycles. The smallest absolute Gasteiger partial charge is 0.326 e. The number of hydrogen-bond donors (Lipinski definition) is 2. The third kappa shape index (κ3) is 5.64. The molecule has 0 radical (unpaired) electrons. The van der Waals surface area contributed by atoms with Crippen molar-refractivity contribution < 1.29 is 19.1 Å². The largest absolute Gasteiger partial charge is 0.451 e. The minimum absolute atomic E-state index is 0.281. The molecule has 21 heavy (non-hydrogen) atoms. The molecule has 0 spiro atoms. The quantitative estimate of drug-likeness (QED) is 0.759. The molecular formula is C15H20N2O4. The fraction of sp³-hybridized carbons (Fsp3) is 0.400. The number of rotatable bonds is 6. The molecule has 0 saturated heterocycles. The summed E-state index contributed by atoms with van der Waals surface area (Å²) in [6.45, 7) is 5.31.